The van der Waals surface area contributed by atoms with Crippen LogP contribution < -0.4 is 16.0 Å². The molecule has 7 heteroatoms. The molecule has 1 heterocycles. The number of carbonyl (C=O) groups is 2. The Balaban J connectivity index is 1.29. The summed E-state index contributed by atoms with van der Waals surface area (Å²) in [5.41, 5.74) is 1.75. The van der Waals surface area contributed by atoms with E-state index in [0.29, 0.717) is 29.3 Å². The van der Waals surface area contributed by atoms with Gasteiger partial charge < -0.3 is 16.0 Å². The first-order valence-corrected chi connectivity index (χ1v) is 12.0. The first-order valence-electron chi connectivity index (χ1n) is 12.0. The first-order chi connectivity index (χ1) is 16.0. The van der Waals surface area contributed by atoms with Gasteiger partial charge >= 0.3 is 0 Å². The Morgan fingerprint density at radius 1 is 0.939 bits per heavy atom. The minimum absolute atomic E-state index is 0.0232. The zero-order valence-corrected chi connectivity index (χ0v) is 19.1. The van der Waals surface area contributed by atoms with Gasteiger partial charge in [-0.15, -0.1) is 0 Å². The molecule has 3 N–H and O–H groups in total. The van der Waals surface area contributed by atoms with E-state index in [0.717, 1.165) is 44.9 Å². The average Bonchev–Trinajstić information content (AvgIpc) is 2.85. The number of nitrogens with one attached hydrogen (secondary N) is 3. The van der Waals surface area contributed by atoms with Gasteiger partial charge in [-0.25, -0.2) is 4.39 Å². The van der Waals surface area contributed by atoms with Crippen LogP contribution in [0.15, 0.2) is 42.6 Å². The molecule has 1 aromatic heterocycles. The second-order valence-corrected chi connectivity index (χ2v) is 9.32. The highest BCUT2D eigenvalue weighted by molar-refractivity contribution is 5.94. The summed E-state index contributed by atoms with van der Waals surface area (Å²) in [5, 5.41) is 9.65. The third-order valence-corrected chi connectivity index (χ3v) is 7.01. The minimum Gasteiger partial charge on any atom is -0.353 e. The highest BCUT2D eigenvalue weighted by Gasteiger charge is 2.30. The van der Waals surface area contributed by atoms with E-state index in [-0.39, 0.29) is 35.6 Å². The van der Waals surface area contributed by atoms with Gasteiger partial charge in [-0.05, 0) is 76.3 Å². The third-order valence-electron chi connectivity index (χ3n) is 7.01. The van der Waals surface area contributed by atoms with E-state index in [4.69, 9.17) is 0 Å². The Labute approximate surface area is 194 Å². The lowest BCUT2D eigenvalue weighted by molar-refractivity contribution is -0.127. The molecule has 2 aliphatic carbocycles. The van der Waals surface area contributed by atoms with Crippen LogP contribution in [0.5, 0.6) is 0 Å². The summed E-state index contributed by atoms with van der Waals surface area (Å²) in [5.74, 6) is -0.440. The van der Waals surface area contributed by atoms with Gasteiger partial charge in [0.2, 0.25) is 5.91 Å². The van der Waals surface area contributed by atoms with Crippen molar-refractivity contribution in [2.75, 3.05) is 7.05 Å². The molecule has 2 atom stereocenters. The lowest BCUT2D eigenvalue weighted by Gasteiger charge is -2.32. The monoisotopic (exact) mass is 452 g/mol. The number of carbonyl (C=O) groups excluding carboxylic acids is 2. The Bertz CT molecular complexity index is 957. The number of hydrogen-bond donors (Lipinski definition) is 3. The second kappa shape index (κ2) is 10.9. The molecule has 1 aromatic carbocycles. The maximum Gasteiger partial charge on any atom is 0.253 e. The van der Waals surface area contributed by atoms with Gasteiger partial charge in [0, 0.05) is 35.8 Å². The minimum atomic E-state index is -0.322. The normalized spacial score (nSPS) is 25.3. The molecule has 2 saturated carbocycles. The predicted molar refractivity (Wildman–Crippen MR) is 126 cm³/mol. The van der Waals surface area contributed by atoms with E-state index in [1.54, 1.807) is 24.3 Å². The molecule has 2 amide bonds. The zero-order chi connectivity index (χ0) is 23.2. The van der Waals surface area contributed by atoms with Crippen LogP contribution in [-0.4, -0.2) is 42.0 Å². The largest absolute Gasteiger partial charge is 0.353 e. The maximum atomic E-state index is 13.4. The van der Waals surface area contributed by atoms with Crippen LogP contribution in [0.2, 0.25) is 0 Å². The van der Waals surface area contributed by atoms with Crippen LogP contribution in [0.1, 0.15) is 61.7 Å². The van der Waals surface area contributed by atoms with E-state index in [9.17, 15) is 14.0 Å². The number of aromatic nitrogens is 1. The van der Waals surface area contributed by atoms with Crippen LogP contribution in [0.4, 0.5) is 4.39 Å². The van der Waals surface area contributed by atoms with Crippen molar-refractivity contribution in [1.82, 2.24) is 20.9 Å². The fourth-order valence-electron chi connectivity index (χ4n) is 5.02. The lowest BCUT2D eigenvalue weighted by Crippen LogP contribution is -2.46. The molecule has 0 radical (unpaired) electrons. The van der Waals surface area contributed by atoms with Gasteiger partial charge in [-0.1, -0.05) is 18.6 Å². The molecule has 33 heavy (non-hydrogen) atoms. The molecule has 2 fully saturated rings. The average molecular weight is 453 g/mol. The van der Waals surface area contributed by atoms with Crippen molar-refractivity contribution in [3.63, 3.8) is 0 Å². The molecule has 6 nitrogen and oxygen atoms in total. The van der Waals surface area contributed by atoms with Crippen molar-refractivity contribution in [2.24, 2.45) is 5.92 Å². The zero-order valence-electron chi connectivity index (χ0n) is 19.1. The Kier molecular flexibility index (Phi) is 7.70. The van der Waals surface area contributed by atoms with E-state index < -0.39 is 0 Å². The summed E-state index contributed by atoms with van der Waals surface area (Å²) < 4.78 is 13.4. The molecule has 176 valence electrons. The number of halogens is 1. The molecule has 2 aliphatic rings. The predicted octanol–water partition coefficient (Wildman–Crippen LogP) is 3.82. The lowest BCUT2D eigenvalue weighted by atomic mass is 9.84. The van der Waals surface area contributed by atoms with Crippen molar-refractivity contribution in [2.45, 2.75) is 69.5 Å². The van der Waals surface area contributed by atoms with E-state index >= 15 is 0 Å². The van der Waals surface area contributed by atoms with Gasteiger partial charge in [-0.2, -0.15) is 0 Å². The number of pyridine rings is 1. The van der Waals surface area contributed by atoms with Crippen LogP contribution in [0, 0.1) is 11.7 Å². The topological polar surface area (TPSA) is 83.1 Å². The number of amides is 2. The standard InChI is InChI=1S/C26H33FN4O2/c1-28-21-9-11-22(12-10-21)30-25(32)18-5-3-7-23(15-18)31-26(33)19-8-13-24(29-16-19)17-4-2-6-20(27)14-17/h2,4,6,8,13-14,16,18,21-23,28H,3,5,7,9-12,15H2,1H3,(H,30,32)(H,31,33)/t18-,21-,22-,23+/m0/s1. The molecule has 4 rings (SSSR count). The highest BCUT2D eigenvalue weighted by Crippen LogP contribution is 2.26. The van der Waals surface area contributed by atoms with E-state index in [1.165, 1.54) is 18.3 Å². The summed E-state index contributed by atoms with van der Waals surface area (Å²) in [7, 11) is 1.99. The summed E-state index contributed by atoms with van der Waals surface area (Å²) in [6, 6.07) is 10.5. The summed E-state index contributed by atoms with van der Waals surface area (Å²) >= 11 is 0. The molecule has 0 unspecified atom stereocenters. The number of nitrogens with zero attached hydrogens (tertiary/aromatic N) is 1. The fraction of sp³-hybridized carbons (Fsp3) is 0.500. The van der Waals surface area contributed by atoms with Crippen molar-refractivity contribution in [3.8, 4) is 11.3 Å². The molecule has 0 aliphatic heterocycles. The number of rotatable bonds is 6. The van der Waals surface area contributed by atoms with Gasteiger partial charge in [-0.3, -0.25) is 14.6 Å². The summed E-state index contributed by atoms with van der Waals surface area (Å²) in [4.78, 5) is 29.9. The van der Waals surface area contributed by atoms with Crippen LogP contribution in [0.25, 0.3) is 11.3 Å². The fourth-order valence-corrected chi connectivity index (χ4v) is 5.02. The van der Waals surface area contributed by atoms with Crippen LogP contribution >= 0.6 is 0 Å². The second-order valence-electron chi connectivity index (χ2n) is 9.32. The molecular formula is C26H33FN4O2. The Morgan fingerprint density at radius 2 is 1.73 bits per heavy atom. The first kappa shape index (κ1) is 23.4. The van der Waals surface area contributed by atoms with Crippen molar-refractivity contribution in [3.05, 3.63) is 54.0 Å². The van der Waals surface area contributed by atoms with Crippen molar-refractivity contribution >= 4 is 11.8 Å². The van der Waals surface area contributed by atoms with Crippen LogP contribution in [-0.2, 0) is 4.79 Å². The molecule has 0 saturated heterocycles. The maximum absolute atomic E-state index is 13.4. The molecule has 0 spiro atoms. The summed E-state index contributed by atoms with van der Waals surface area (Å²) in [6.45, 7) is 0. The number of hydrogen-bond acceptors (Lipinski definition) is 4. The molecule has 2 aromatic rings. The van der Waals surface area contributed by atoms with Crippen molar-refractivity contribution in [1.29, 1.82) is 0 Å². The van der Waals surface area contributed by atoms with E-state index in [2.05, 4.69) is 20.9 Å². The third kappa shape index (κ3) is 6.16. The van der Waals surface area contributed by atoms with Crippen LogP contribution in [0.3, 0.4) is 0 Å². The van der Waals surface area contributed by atoms with E-state index in [1.807, 2.05) is 7.05 Å². The molecular weight excluding hydrogens is 419 g/mol. The van der Waals surface area contributed by atoms with Crippen molar-refractivity contribution < 1.29 is 14.0 Å². The van der Waals surface area contributed by atoms with Gasteiger partial charge in [0.05, 0.1) is 11.3 Å². The summed E-state index contributed by atoms with van der Waals surface area (Å²) in [6.07, 6.45) is 9.07. The Hall–Kier alpha value is -2.80. The van der Waals surface area contributed by atoms with Gasteiger partial charge in [0.1, 0.15) is 5.82 Å². The quantitative estimate of drug-likeness (QED) is 0.622. The Morgan fingerprint density at radius 3 is 2.42 bits per heavy atom. The SMILES string of the molecule is CN[C@H]1CC[C@H](NC(=O)[C@H]2CCC[C@@H](NC(=O)c3ccc(-c4cccc(F)c4)nc3)C2)CC1. The highest BCUT2D eigenvalue weighted by atomic mass is 19.1. The smallest absolute Gasteiger partial charge is 0.253 e. The molecule has 0 bridgehead atoms. The van der Waals surface area contributed by atoms with Gasteiger partial charge in [0.25, 0.3) is 5.91 Å². The number of benzene rings is 1. The van der Waals surface area contributed by atoms with Gasteiger partial charge in [0.15, 0.2) is 0 Å².